The molecule has 0 saturated heterocycles. The molecule has 3 nitrogen and oxygen atoms in total. The molecule has 0 fully saturated rings. The summed E-state index contributed by atoms with van der Waals surface area (Å²) in [6, 6.07) is 5.31. The number of fused-ring (bicyclic) bond motifs is 1. The van der Waals surface area contributed by atoms with Crippen molar-refractivity contribution in [2.45, 2.75) is 11.8 Å². The lowest BCUT2D eigenvalue weighted by Gasteiger charge is -1.97. The molecule has 1 aromatic heterocycles. The predicted molar refractivity (Wildman–Crippen MR) is 60.5 cm³/mol. The van der Waals surface area contributed by atoms with Gasteiger partial charge in [-0.25, -0.2) is 0 Å². The SMILES string of the molecule is Cc1c(S)ccc2cc([N+](=O)[O-])sc12. The van der Waals surface area contributed by atoms with E-state index in [1.165, 1.54) is 11.3 Å². The molecule has 0 amide bonds. The number of hydrogen-bond acceptors (Lipinski definition) is 4. The van der Waals surface area contributed by atoms with Crippen LogP contribution in [0.1, 0.15) is 5.56 Å². The summed E-state index contributed by atoms with van der Waals surface area (Å²) in [6.07, 6.45) is 0. The lowest BCUT2D eigenvalue weighted by atomic mass is 10.2. The van der Waals surface area contributed by atoms with Gasteiger partial charge in [0, 0.05) is 15.7 Å². The lowest BCUT2D eigenvalue weighted by Crippen LogP contribution is -1.80. The number of nitro groups is 1. The second kappa shape index (κ2) is 3.25. The van der Waals surface area contributed by atoms with Gasteiger partial charge in [0.25, 0.3) is 0 Å². The molecule has 0 spiro atoms. The normalized spacial score (nSPS) is 10.7. The van der Waals surface area contributed by atoms with E-state index in [9.17, 15) is 10.1 Å². The van der Waals surface area contributed by atoms with Crippen molar-refractivity contribution in [1.29, 1.82) is 0 Å². The van der Waals surface area contributed by atoms with Crippen LogP contribution >= 0.6 is 24.0 Å². The first-order valence-electron chi connectivity index (χ1n) is 3.96. The number of nitrogens with zero attached hydrogens (tertiary/aromatic N) is 1. The third-order valence-corrected chi connectivity index (χ3v) is 3.78. The standard InChI is InChI=1S/C9H7NO2S2/c1-5-7(13)3-2-6-4-8(10(11)12)14-9(5)6/h2-4,13H,1H3. The molecule has 0 saturated carbocycles. The zero-order chi connectivity index (χ0) is 10.3. The van der Waals surface area contributed by atoms with Crippen molar-refractivity contribution < 1.29 is 4.92 Å². The largest absolute Gasteiger partial charge is 0.325 e. The average molecular weight is 225 g/mol. The Hall–Kier alpha value is -1.07. The highest BCUT2D eigenvalue weighted by molar-refractivity contribution is 7.80. The Labute approximate surface area is 89.9 Å². The molecule has 0 unspecified atom stereocenters. The molecule has 0 aliphatic heterocycles. The Morgan fingerprint density at radius 3 is 2.86 bits per heavy atom. The van der Waals surface area contributed by atoms with E-state index in [1.807, 2.05) is 19.1 Å². The highest BCUT2D eigenvalue weighted by atomic mass is 32.1. The van der Waals surface area contributed by atoms with Gasteiger partial charge in [0.15, 0.2) is 0 Å². The highest BCUT2D eigenvalue weighted by Gasteiger charge is 2.13. The zero-order valence-corrected chi connectivity index (χ0v) is 9.06. The van der Waals surface area contributed by atoms with Crippen LogP contribution < -0.4 is 0 Å². The van der Waals surface area contributed by atoms with Crippen molar-refractivity contribution in [3.05, 3.63) is 33.9 Å². The average Bonchev–Trinajstić information content (AvgIpc) is 2.56. The topological polar surface area (TPSA) is 43.1 Å². The van der Waals surface area contributed by atoms with Gasteiger partial charge in [-0.15, -0.1) is 12.6 Å². The second-order valence-electron chi connectivity index (χ2n) is 2.97. The van der Waals surface area contributed by atoms with Crippen LogP contribution in [0, 0.1) is 17.0 Å². The smallest absolute Gasteiger partial charge is 0.258 e. The fourth-order valence-electron chi connectivity index (χ4n) is 1.31. The van der Waals surface area contributed by atoms with Gasteiger partial charge in [-0.2, -0.15) is 0 Å². The first-order chi connectivity index (χ1) is 6.59. The molecule has 14 heavy (non-hydrogen) atoms. The van der Waals surface area contributed by atoms with Crippen LogP contribution in [0.3, 0.4) is 0 Å². The summed E-state index contributed by atoms with van der Waals surface area (Å²) in [5, 5.41) is 11.7. The van der Waals surface area contributed by atoms with Gasteiger partial charge in [0.1, 0.15) is 0 Å². The molecule has 0 radical (unpaired) electrons. The van der Waals surface area contributed by atoms with Gasteiger partial charge in [-0.3, -0.25) is 10.1 Å². The van der Waals surface area contributed by atoms with Crippen LogP contribution in [-0.2, 0) is 0 Å². The maximum Gasteiger partial charge on any atom is 0.325 e. The maximum absolute atomic E-state index is 10.6. The number of thiol groups is 1. The number of benzene rings is 1. The van der Waals surface area contributed by atoms with Crippen molar-refractivity contribution in [2.75, 3.05) is 0 Å². The Kier molecular flexibility index (Phi) is 2.20. The molecule has 5 heteroatoms. The van der Waals surface area contributed by atoms with Crippen molar-refractivity contribution in [3.8, 4) is 0 Å². The molecule has 2 aromatic rings. The monoisotopic (exact) mass is 225 g/mol. The van der Waals surface area contributed by atoms with E-state index >= 15 is 0 Å². The first kappa shape index (κ1) is 9.48. The summed E-state index contributed by atoms with van der Waals surface area (Å²) in [4.78, 5) is 11.1. The maximum atomic E-state index is 10.6. The number of thiophene rings is 1. The van der Waals surface area contributed by atoms with Gasteiger partial charge in [0.05, 0.1) is 4.92 Å². The second-order valence-corrected chi connectivity index (χ2v) is 4.48. The van der Waals surface area contributed by atoms with E-state index in [1.54, 1.807) is 6.07 Å². The van der Waals surface area contributed by atoms with E-state index in [0.29, 0.717) is 0 Å². The molecule has 1 heterocycles. The fraction of sp³-hybridized carbons (Fsp3) is 0.111. The minimum atomic E-state index is -0.359. The Bertz CT molecular complexity index is 519. The first-order valence-corrected chi connectivity index (χ1v) is 5.22. The minimum absolute atomic E-state index is 0.182. The summed E-state index contributed by atoms with van der Waals surface area (Å²) < 4.78 is 0.948. The van der Waals surface area contributed by atoms with Crippen molar-refractivity contribution in [1.82, 2.24) is 0 Å². The van der Waals surface area contributed by atoms with E-state index in [0.717, 1.165) is 20.5 Å². The molecule has 2 rings (SSSR count). The summed E-state index contributed by atoms with van der Waals surface area (Å²) in [5.74, 6) is 0. The molecular weight excluding hydrogens is 218 g/mol. The Morgan fingerprint density at radius 1 is 1.50 bits per heavy atom. The Balaban J connectivity index is 2.77. The third-order valence-electron chi connectivity index (χ3n) is 2.07. The van der Waals surface area contributed by atoms with Crippen molar-refractivity contribution in [2.24, 2.45) is 0 Å². The molecule has 0 N–H and O–H groups in total. The molecule has 0 aliphatic carbocycles. The minimum Gasteiger partial charge on any atom is -0.258 e. The number of hydrogen-bond donors (Lipinski definition) is 1. The molecule has 0 bridgehead atoms. The van der Waals surface area contributed by atoms with E-state index in [-0.39, 0.29) is 9.92 Å². The molecular formula is C9H7NO2S2. The zero-order valence-electron chi connectivity index (χ0n) is 7.35. The van der Waals surface area contributed by atoms with Gasteiger partial charge >= 0.3 is 5.00 Å². The third kappa shape index (κ3) is 1.38. The number of aryl methyl sites for hydroxylation is 1. The van der Waals surface area contributed by atoms with Crippen LogP contribution in [0.25, 0.3) is 10.1 Å². The molecule has 72 valence electrons. The van der Waals surface area contributed by atoms with Crippen LogP contribution in [-0.4, -0.2) is 4.92 Å². The predicted octanol–water partition coefficient (Wildman–Crippen LogP) is 3.41. The summed E-state index contributed by atoms with van der Waals surface area (Å²) in [7, 11) is 0. The molecule has 1 aromatic carbocycles. The van der Waals surface area contributed by atoms with Crippen LogP contribution in [0.2, 0.25) is 0 Å². The van der Waals surface area contributed by atoms with Gasteiger partial charge < -0.3 is 0 Å². The molecule has 0 atom stereocenters. The highest BCUT2D eigenvalue weighted by Crippen LogP contribution is 2.35. The summed E-state index contributed by atoms with van der Waals surface area (Å²) in [5.41, 5.74) is 1.00. The van der Waals surface area contributed by atoms with E-state index in [2.05, 4.69) is 12.6 Å². The van der Waals surface area contributed by atoms with Gasteiger partial charge in [0.2, 0.25) is 0 Å². The lowest BCUT2D eigenvalue weighted by molar-refractivity contribution is -0.380. The van der Waals surface area contributed by atoms with Crippen molar-refractivity contribution in [3.63, 3.8) is 0 Å². The van der Waals surface area contributed by atoms with Crippen molar-refractivity contribution >= 4 is 39.1 Å². The summed E-state index contributed by atoms with van der Waals surface area (Å²) >= 11 is 5.47. The van der Waals surface area contributed by atoms with E-state index in [4.69, 9.17) is 0 Å². The Morgan fingerprint density at radius 2 is 2.21 bits per heavy atom. The van der Waals surface area contributed by atoms with Crippen LogP contribution in [0.5, 0.6) is 0 Å². The van der Waals surface area contributed by atoms with Crippen LogP contribution in [0.4, 0.5) is 5.00 Å². The molecule has 0 aliphatic rings. The summed E-state index contributed by atoms with van der Waals surface area (Å²) in [6.45, 7) is 1.92. The fourth-order valence-corrected chi connectivity index (χ4v) is 2.55. The van der Waals surface area contributed by atoms with Crippen LogP contribution in [0.15, 0.2) is 23.1 Å². The van der Waals surface area contributed by atoms with Gasteiger partial charge in [-0.05, 0) is 23.9 Å². The van der Waals surface area contributed by atoms with E-state index < -0.39 is 0 Å². The van der Waals surface area contributed by atoms with Gasteiger partial charge in [-0.1, -0.05) is 17.4 Å². The quantitative estimate of drug-likeness (QED) is 0.459. The number of rotatable bonds is 1.